The molecule has 6 nitrogen and oxygen atoms in total. The molecule has 1 fully saturated rings. The van der Waals surface area contributed by atoms with E-state index in [4.69, 9.17) is 4.42 Å². The summed E-state index contributed by atoms with van der Waals surface area (Å²) in [6, 6.07) is 5.12. The predicted molar refractivity (Wildman–Crippen MR) is 94.1 cm³/mol. The third-order valence-corrected chi connectivity index (χ3v) is 6.55. The number of halogens is 3. The number of amides is 1. The van der Waals surface area contributed by atoms with E-state index in [1.165, 1.54) is 6.26 Å². The van der Waals surface area contributed by atoms with E-state index in [1.54, 1.807) is 13.0 Å². The number of sulfonamides is 1. The largest absolute Gasteiger partial charge is 0.459 e. The first-order chi connectivity index (χ1) is 13.1. The Kier molecular flexibility index (Phi) is 5.53. The molecule has 10 heteroatoms. The molecule has 1 N–H and O–H groups in total. The number of carbonyl (C=O) groups is 1. The van der Waals surface area contributed by atoms with Crippen molar-refractivity contribution >= 4 is 15.9 Å². The highest BCUT2D eigenvalue weighted by atomic mass is 32.2. The van der Waals surface area contributed by atoms with E-state index < -0.39 is 26.7 Å². The van der Waals surface area contributed by atoms with Crippen molar-refractivity contribution in [3.63, 3.8) is 0 Å². The Morgan fingerprint density at radius 3 is 2.46 bits per heavy atom. The lowest BCUT2D eigenvalue weighted by molar-refractivity contribution is -0.137. The predicted octanol–water partition coefficient (Wildman–Crippen LogP) is 3.19. The van der Waals surface area contributed by atoms with Crippen LogP contribution in [-0.4, -0.2) is 37.8 Å². The van der Waals surface area contributed by atoms with Gasteiger partial charge in [0.15, 0.2) is 5.76 Å². The summed E-state index contributed by atoms with van der Waals surface area (Å²) in [7, 11) is -4.04. The fraction of sp³-hybridized carbons (Fsp3) is 0.389. The maximum absolute atomic E-state index is 12.9. The van der Waals surface area contributed by atoms with Crippen LogP contribution in [0.1, 0.15) is 34.5 Å². The second kappa shape index (κ2) is 7.59. The number of nitrogens with one attached hydrogen (secondary N) is 1. The van der Waals surface area contributed by atoms with E-state index in [2.05, 4.69) is 5.32 Å². The molecule has 0 bridgehead atoms. The van der Waals surface area contributed by atoms with Gasteiger partial charge in [0.1, 0.15) is 0 Å². The van der Waals surface area contributed by atoms with E-state index in [1.807, 2.05) is 0 Å². The van der Waals surface area contributed by atoms with Crippen molar-refractivity contribution in [2.24, 2.45) is 0 Å². The van der Waals surface area contributed by atoms with E-state index in [0.717, 1.165) is 22.5 Å². The Labute approximate surface area is 160 Å². The molecule has 0 aliphatic carbocycles. The van der Waals surface area contributed by atoms with Gasteiger partial charge in [-0.05, 0) is 44.0 Å². The number of aryl methyl sites for hydroxylation is 1. The van der Waals surface area contributed by atoms with Crippen LogP contribution >= 0.6 is 0 Å². The Morgan fingerprint density at radius 2 is 1.89 bits per heavy atom. The Bertz CT molecular complexity index is 961. The number of furan rings is 1. The molecule has 0 spiro atoms. The van der Waals surface area contributed by atoms with E-state index in [0.29, 0.717) is 24.5 Å². The maximum Gasteiger partial charge on any atom is 0.416 e. The van der Waals surface area contributed by atoms with Crippen LogP contribution in [0.3, 0.4) is 0 Å². The summed E-state index contributed by atoms with van der Waals surface area (Å²) in [5.41, 5.74) is -0.313. The standard InChI is InChI=1S/C18H19F3N2O4S/c1-12-7-10-27-16(12)17(24)22-14-5-8-23(9-6-14)28(25,26)15-4-2-3-13(11-15)18(19,20)21/h2-4,7,10-11,14H,5-6,8-9H2,1H3,(H,22,24). The molecule has 2 heterocycles. The number of carbonyl (C=O) groups excluding carboxylic acids is 1. The molecule has 1 amide bonds. The summed E-state index contributed by atoms with van der Waals surface area (Å²) in [5.74, 6) is -0.166. The molecule has 0 radical (unpaired) electrons. The van der Waals surface area contributed by atoms with Gasteiger partial charge in [0.25, 0.3) is 5.91 Å². The maximum atomic E-state index is 12.9. The minimum atomic E-state index is -4.62. The molecule has 1 aromatic heterocycles. The molecule has 1 aromatic carbocycles. The SMILES string of the molecule is Cc1ccoc1C(=O)NC1CCN(S(=O)(=O)c2cccc(C(F)(F)F)c2)CC1. The molecule has 152 valence electrons. The van der Waals surface area contributed by atoms with Gasteiger partial charge in [-0.2, -0.15) is 17.5 Å². The Balaban J connectivity index is 1.66. The first-order valence-electron chi connectivity index (χ1n) is 8.61. The van der Waals surface area contributed by atoms with E-state index >= 15 is 0 Å². The fourth-order valence-electron chi connectivity index (χ4n) is 3.08. The van der Waals surface area contributed by atoms with Crippen LogP contribution in [0, 0.1) is 6.92 Å². The van der Waals surface area contributed by atoms with Gasteiger partial charge in [-0.15, -0.1) is 0 Å². The summed E-state index contributed by atoms with van der Waals surface area (Å²) in [6.07, 6.45) is -2.51. The number of rotatable bonds is 4. The molecule has 28 heavy (non-hydrogen) atoms. The number of hydrogen-bond acceptors (Lipinski definition) is 4. The fourth-order valence-corrected chi connectivity index (χ4v) is 4.59. The van der Waals surface area contributed by atoms with E-state index in [-0.39, 0.29) is 30.8 Å². The van der Waals surface area contributed by atoms with Crippen molar-refractivity contribution < 1.29 is 30.8 Å². The zero-order valence-electron chi connectivity index (χ0n) is 15.0. The molecule has 1 aliphatic rings. The third-order valence-electron chi connectivity index (χ3n) is 4.66. The molecule has 1 aliphatic heterocycles. The Morgan fingerprint density at radius 1 is 1.21 bits per heavy atom. The third kappa shape index (κ3) is 4.22. The van der Waals surface area contributed by atoms with Gasteiger partial charge in [-0.1, -0.05) is 6.07 Å². The summed E-state index contributed by atoms with van der Waals surface area (Å²) in [4.78, 5) is 11.8. The molecule has 0 saturated carbocycles. The smallest absolute Gasteiger partial charge is 0.416 e. The van der Waals surface area contributed by atoms with Gasteiger partial charge in [-0.3, -0.25) is 4.79 Å². The van der Waals surface area contributed by atoms with Crippen LogP contribution in [0.5, 0.6) is 0 Å². The van der Waals surface area contributed by atoms with Crippen molar-refractivity contribution in [1.82, 2.24) is 9.62 Å². The normalized spacial score (nSPS) is 16.9. The monoisotopic (exact) mass is 416 g/mol. The number of piperidine rings is 1. The molecule has 3 rings (SSSR count). The van der Waals surface area contributed by atoms with Crippen LogP contribution in [0.4, 0.5) is 13.2 Å². The first-order valence-corrected chi connectivity index (χ1v) is 10.1. The topological polar surface area (TPSA) is 79.6 Å². The number of nitrogens with zero attached hydrogens (tertiary/aromatic N) is 1. The second-order valence-electron chi connectivity index (χ2n) is 6.61. The van der Waals surface area contributed by atoms with Crippen molar-refractivity contribution in [1.29, 1.82) is 0 Å². The van der Waals surface area contributed by atoms with Gasteiger partial charge in [0.05, 0.1) is 16.7 Å². The molecule has 2 aromatic rings. The van der Waals surface area contributed by atoms with Gasteiger partial charge < -0.3 is 9.73 Å². The zero-order valence-corrected chi connectivity index (χ0v) is 15.8. The highest BCUT2D eigenvalue weighted by molar-refractivity contribution is 7.89. The van der Waals surface area contributed by atoms with E-state index in [9.17, 15) is 26.4 Å². The molecule has 0 unspecified atom stereocenters. The first kappa shape index (κ1) is 20.4. The van der Waals surface area contributed by atoms with Crippen molar-refractivity contribution in [3.05, 3.63) is 53.5 Å². The van der Waals surface area contributed by atoms with Crippen LogP contribution in [0.2, 0.25) is 0 Å². The molecular formula is C18H19F3N2O4S. The summed E-state index contributed by atoms with van der Waals surface area (Å²) in [6.45, 7) is 1.93. The number of hydrogen-bond donors (Lipinski definition) is 1. The van der Waals surface area contributed by atoms with Crippen LogP contribution in [-0.2, 0) is 16.2 Å². The van der Waals surface area contributed by atoms with Crippen LogP contribution in [0.15, 0.2) is 45.9 Å². The minimum absolute atomic E-state index is 0.0979. The van der Waals surface area contributed by atoms with Crippen molar-refractivity contribution in [3.8, 4) is 0 Å². The average molecular weight is 416 g/mol. The van der Waals surface area contributed by atoms with Crippen LogP contribution in [0.25, 0.3) is 0 Å². The average Bonchev–Trinajstić information content (AvgIpc) is 3.08. The zero-order chi connectivity index (χ0) is 20.5. The number of alkyl halides is 3. The summed E-state index contributed by atoms with van der Waals surface area (Å²) >= 11 is 0. The van der Waals surface area contributed by atoms with Gasteiger partial charge in [0.2, 0.25) is 10.0 Å². The summed E-state index contributed by atoms with van der Waals surface area (Å²) < 4.78 is 70.2. The minimum Gasteiger partial charge on any atom is -0.459 e. The number of benzene rings is 1. The molecular weight excluding hydrogens is 397 g/mol. The summed E-state index contributed by atoms with van der Waals surface area (Å²) in [5, 5.41) is 2.80. The molecule has 1 saturated heterocycles. The second-order valence-corrected chi connectivity index (χ2v) is 8.55. The van der Waals surface area contributed by atoms with Gasteiger partial charge in [0, 0.05) is 24.7 Å². The van der Waals surface area contributed by atoms with Gasteiger partial charge >= 0.3 is 6.18 Å². The van der Waals surface area contributed by atoms with Gasteiger partial charge in [-0.25, -0.2) is 8.42 Å². The molecule has 0 atom stereocenters. The van der Waals surface area contributed by atoms with Crippen LogP contribution < -0.4 is 5.32 Å². The quantitative estimate of drug-likeness (QED) is 0.830. The lowest BCUT2D eigenvalue weighted by Crippen LogP contribution is -2.46. The highest BCUT2D eigenvalue weighted by Crippen LogP contribution is 2.31. The van der Waals surface area contributed by atoms with Crippen molar-refractivity contribution in [2.75, 3.05) is 13.1 Å². The van der Waals surface area contributed by atoms with Crippen molar-refractivity contribution in [2.45, 2.75) is 36.9 Å². The Hall–Kier alpha value is -2.33. The highest BCUT2D eigenvalue weighted by Gasteiger charge is 2.34. The lowest BCUT2D eigenvalue weighted by Gasteiger charge is -2.31. The lowest BCUT2D eigenvalue weighted by atomic mass is 10.1.